The molecule has 1 saturated carbocycles. The fourth-order valence-corrected chi connectivity index (χ4v) is 3.81. The van der Waals surface area contributed by atoms with E-state index in [-0.39, 0.29) is 11.9 Å². The highest BCUT2D eigenvalue weighted by Crippen LogP contribution is 2.50. The summed E-state index contributed by atoms with van der Waals surface area (Å²) in [6.45, 7) is 11.4. The van der Waals surface area contributed by atoms with Crippen molar-refractivity contribution in [3.05, 3.63) is 0 Å². The number of esters is 2. The summed E-state index contributed by atoms with van der Waals surface area (Å²) >= 11 is 0. The van der Waals surface area contributed by atoms with E-state index in [0.29, 0.717) is 43.8 Å². The fraction of sp³-hybridized carbons (Fsp3) is 0.917. The third-order valence-electron chi connectivity index (χ3n) is 5.88. The van der Waals surface area contributed by atoms with Crippen LogP contribution in [0.4, 0.5) is 0 Å². The zero-order chi connectivity index (χ0) is 21.0. The number of hydrogen-bond donors (Lipinski definition) is 0. The van der Waals surface area contributed by atoms with Crippen LogP contribution in [0.25, 0.3) is 0 Å². The SMILES string of the molecule is CCCCCCCCC1CC(C(=O)OCCC(C)C)(C(=O)OCCC(C)C)C1. The summed E-state index contributed by atoms with van der Waals surface area (Å²) in [6, 6.07) is 0. The van der Waals surface area contributed by atoms with E-state index in [0.717, 1.165) is 19.3 Å². The van der Waals surface area contributed by atoms with E-state index in [1.807, 2.05) is 0 Å². The summed E-state index contributed by atoms with van der Waals surface area (Å²) in [7, 11) is 0. The third-order valence-corrected chi connectivity index (χ3v) is 5.88. The van der Waals surface area contributed by atoms with Crippen LogP contribution < -0.4 is 0 Å². The highest BCUT2D eigenvalue weighted by Gasteiger charge is 2.58. The van der Waals surface area contributed by atoms with Gasteiger partial charge in [-0.25, -0.2) is 0 Å². The van der Waals surface area contributed by atoms with Gasteiger partial charge in [0, 0.05) is 0 Å². The zero-order valence-electron chi connectivity index (χ0n) is 19.1. The number of carbonyl (C=O) groups is 2. The molecule has 4 nitrogen and oxygen atoms in total. The summed E-state index contributed by atoms with van der Waals surface area (Å²) < 4.78 is 11.0. The molecule has 0 aliphatic heterocycles. The first-order valence-electron chi connectivity index (χ1n) is 11.7. The standard InChI is InChI=1S/C24H44O4/c1-6-7-8-9-10-11-12-21-17-24(18-21,22(25)27-15-13-19(2)3)23(26)28-16-14-20(4)5/h19-21H,6-18H2,1-5H3. The Balaban J connectivity index is 2.49. The van der Waals surface area contributed by atoms with Crippen molar-refractivity contribution in [2.75, 3.05) is 13.2 Å². The lowest BCUT2D eigenvalue weighted by Gasteiger charge is -2.43. The highest BCUT2D eigenvalue weighted by atomic mass is 16.6. The van der Waals surface area contributed by atoms with Crippen LogP contribution in [0.15, 0.2) is 0 Å². The summed E-state index contributed by atoms with van der Waals surface area (Å²) in [6.07, 6.45) is 11.6. The van der Waals surface area contributed by atoms with Gasteiger partial charge < -0.3 is 9.47 Å². The van der Waals surface area contributed by atoms with Gasteiger partial charge in [0.1, 0.15) is 0 Å². The molecule has 1 aliphatic rings. The van der Waals surface area contributed by atoms with Crippen LogP contribution >= 0.6 is 0 Å². The predicted molar refractivity (Wildman–Crippen MR) is 114 cm³/mol. The van der Waals surface area contributed by atoms with Gasteiger partial charge >= 0.3 is 11.9 Å². The van der Waals surface area contributed by atoms with Gasteiger partial charge in [0.15, 0.2) is 5.41 Å². The van der Waals surface area contributed by atoms with E-state index in [1.54, 1.807) is 0 Å². The topological polar surface area (TPSA) is 52.6 Å². The summed E-state index contributed by atoms with van der Waals surface area (Å²) in [5, 5.41) is 0. The monoisotopic (exact) mass is 396 g/mol. The average Bonchev–Trinajstić information content (AvgIpc) is 2.58. The molecule has 4 heteroatoms. The molecule has 0 saturated heterocycles. The van der Waals surface area contributed by atoms with Gasteiger partial charge in [0.05, 0.1) is 13.2 Å². The number of hydrogen-bond acceptors (Lipinski definition) is 4. The molecule has 0 aromatic carbocycles. The van der Waals surface area contributed by atoms with Crippen LogP contribution in [0, 0.1) is 23.2 Å². The molecule has 164 valence electrons. The minimum atomic E-state index is -1.04. The molecule has 0 atom stereocenters. The molecule has 0 amide bonds. The lowest BCUT2D eigenvalue weighted by molar-refractivity contribution is -0.184. The number of rotatable bonds is 15. The Morgan fingerprint density at radius 2 is 1.29 bits per heavy atom. The Bertz CT molecular complexity index is 422. The average molecular weight is 397 g/mol. The summed E-state index contributed by atoms with van der Waals surface area (Å²) in [5.41, 5.74) is -1.04. The second-order valence-corrected chi connectivity index (χ2v) is 9.55. The Kier molecular flexibility index (Phi) is 11.8. The third kappa shape index (κ3) is 8.53. The Morgan fingerprint density at radius 3 is 1.75 bits per heavy atom. The molecule has 0 radical (unpaired) electrons. The maximum Gasteiger partial charge on any atom is 0.323 e. The van der Waals surface area contributed by atoms with E-state index in [1.165, 1.54) is 38.5 Å². The van der Waals surface area contributed by atoms with E-state index >= 15 is 0 Å². The van der Waals surface area contributed by atoms with Gasteiger partial charge in [-0.15, -0.1) is 0 Å². The van der Waals surface area contributed by atoms with Gasteiger partial charge in [-0.05, 0) is 43.4 Å². The van der Waals surface area contributed by atoms with Gasteiger partial charge in [-0.3, -0.25) is 9.59 Å². The molecule has 1 fully saturated rings. The maximum absolute atomic E-state index is 12.7. The van der Waals surface area contributed by atoms with Crippen molar-refractivity contribution in [3.8, 4) is 0 Å². The van der Waals surface area contributed by atoms with Crippen LogP contribution in [-0.4, -0.2) is 25.2 Å². The fourth-order valence-electron chi connectivity index (χ4n) is 3.81. The largest absolute Gasteiger partial charge is 0.465 e. The predicted octanol–water partition coefficient (Wildman–Crippen LogP) is 6.31. The van der Waals surface area contributed by atoms with Gasteiger partial charge in [0.25, 0.3) is 0 Å². The van der Waals surface area contributed by atoms with Crippen molar-refractivity contribution in [1.82, 2.24) is 0 Å². The second-order valence-electron chi connectivity index (χ2n) is 9.55. The van der Waals surface area contributed by atoms with E-state index in [9.17, 15) is 9.59 Å². The lowest BCUT2D eigenvalue weighted by atomic mass is 9.60. The van der Waals surface area contributed by atoms with Crippen molar-refractivity contribution in [2.45, 2.75) is 105 Å². The molecular formula is C24H44O4. The van der Waals surface area contributed by atoms with Crippen LogP contribution in [0.5, 0.6) is 0 Å². The van der Waals surface area contributed by atoms with Gasteiger partial charge in [0.2, 0.25) is 0 Å². The Morgan fingerprint density at radius 1 is 0.821 bits per heavy atom. The molecule has 28 heavy (non-hydrogen) atoms. The van der Waals surface area contributed by atoms with Gasteiger partial charge in [-0.1, -0.05) is 79.6 Å². The van der Waals surface area contributed by atoms with Gasteiger partial charge in [-0.2, -0.15) is 0 Å². The normalized spacial score (nSPS) is 16.2. The van der Waals surface area contributed by atoms with Crippen LogP contribution in [0.1, 0.15) is 105 Å². The van der Waals surface area contributed by atoms with Crippen LogP contribution in [-0.2, 0) is 19.1 Å². The maximum atomic E-state index is 12.7. The Labute approximate surface area is 173 Å². The van der Waals surface area contributed by atoms with Crippen molar-refractivity contribution >= 4 is 11.9 Å². The van der Waals surface area contributed by atoms with E-state index in [4.69, 9.17) is 9.47 Å². The number of carbonyl (C=O) groups excluding carboxylic acids is 2. The molecule has 0 aromatic rings. The van der Waals surface area contributed by atoms with Crippen molar-refractivity contribution in [2.24, 2.45) is 23.2 Å². The van der Waals surface area contributed by atoms with E-state index in [2.05, 4.69) is 34.6 Å². The van der Waals surface area contributed by atoms with Crippen molar-refractivity contribution < 1.29 is 19.1 Å². The quantitative estimate of drug-likeness (QED) is 0.185. The highest BCUT2D eigenvalue weighted by molar-refractivity contribution is 6.01. The Hall–Kier alpha value is -1.06. The minimum Gasteiger partial charge on any atom is -0.465 e. The molecule has 0 heterocycles. The van der Waals surface area contributed by atoms with Crippen molar-refractivity contribution in [3.63, 3.8) is 0 Å². The van der Waals surface area contributed by atoms with Crippen LogP contribution in [0.3, 0.4) is 0 Å². The second kappa shape index (κ2) is 13.2. The molecule has 0 N–H and O–H groups in total. The number of ether oxygens (including phenoxy) is 2. The molecule has 0 spiro atoms. The first-order valence-corrected chi connectivity index (χ1v) is 11.7. The lowest BCUT2D eigenvalue weighted by Crippen LogP contribution is -2.51. The zero-order valence-corrected chi connectivity index (χ0v) is 19.1. The molecule has 0 aromatic heterocycles. The van der Waals surface area contributed by atoms with Crippen LogP contribution in [0.2, 0.25) is 0 Å². The number of unbranched alkanes of at least 4 members (excludes halogenated alkanes) is 5. The molecule has 1 rings (SSSR count). The first kappa shape index (κ1) is 25.0. The molecule has 0 unspecified atom stereocenters. The molecule has 1 aliphatic carbocycles. The first-order chi connectivity index (χ1) is 13.3. The molecule has 0 bridgehead atoms. The van der Waals surface area contributed by atoms with E-state index < -0.39 is 5.41 Å². The summed E-state index contributed by atoms with van der Waals surface area (Å²) in [5.74, 6) is 0.678. The molecular weight excluding hydrogens is 352 g/mol. The smallest absolute Gasteiger partial charge is 0.323 e. The minimum absolute atomic E-state index is 0.359. The summed E-state index contributed by atoms with van der Waals surface area (Å²) in [4.78, 5) is 25.5. The van der Waals surface area contributed by atoms with Crippen molar-refractivity contribution in [1.29, 1.82) is 0 Å².